The first-order valence-electron chi connectivity index (χ1n) is 15.4. The Balaban J connectivity index is 1.63. The van der Waals surface area contributed by atoms with Crippen LogP contribution in [0.4, 0.5) is 0 Å². The van der Waals surface area contributed by atoms with Crippen LogP contribution in [0.5, 0.6) is 0 Å². The van der Waals surface area contributed by atoms with Gasteiger partial charge in [-0.2, -0.15) is 0 Å². The van der Waals surface area contributed by atoms with Gasteiger partial charge in [0.1, 0.15) is 0 Å². The van der Waals surface area contributed by atoms with Gasteiger partial charge in [-0.15, -0.1) is 0 Å². The molecule has 0 bridgehead atoms. The molecule has 0 aliphatic rings. The summed E-state index contributed by atoms with van der Waals surface area (Å²) in [7, 11) is -2.93. The average molecular weight is 661 g/mol. The zero-order valence-electron chi connectivity index (χ0n) is 25.4. The predicted molar refractivity (Wildman–Crippen MR) is 180 cm³/mol. The summed E-state index contributed by atoms with van der Waals surface area (Å²) in [5.41, 5.74) is 4.68. The van der Waals surface area contributed by atoms with Crippen molar-refractivity contribution in [2.75, 3.05) is 0 Å². The van der Waals surface area contributed by atoms with Crippen LogP contribution in [0.2, 0.25) is 12.1 Å². The second-order valence-corrected chi connectivity index (χ2v) is 16.1. The van der Waals surface area contributed by atoms with E-state index in [0.717, 1.165) is 33.4 Å². The minimum absolute atomic E-state index is 0.378. The molecule has 46 heavy (non-hydrogen) atoms. The molecule has 0 atom stereocenters. The normalized spacial score (nSPS) is 12.2. The van der Waals surface area contributed by atoms with Gasteiger partial charge in [0.15, 0.2) is 0 Å². The summed E-state index contributed by atoms with van der Waals surface area (Å²) in [6.45, 7) is 0. The van der Waals surface area contributed by atoms with Crippen molar-refractivity contribution in [3.63, 3.8) is 0 Å². The van der Waals surface area contributed by atoms with Crippen LogP contribution in [0.3, 0.4) is 0 Å². The van der Waals surface area contributed by atoms with Crippen molar-refractivity contribution in [3.05, 3.63) is 215 Å². The molecular weight excluding hydrogens is 625 g/mol. The summed E-state index contributed by atoms with van der Waals surface area (Å²) in [4.78, 5) is 0. The number of benzene rings is 6. The molecule has 6 aromatic rings. The maximum absolute atomic E-state index is 12.9. The Hall–Kier alpha value is -4.41. The predicted octanol–water partition coefficient (Wildman–Crippen LogP) is 8.46. The summed E-state index contributed by atoms with van der Waals surface area (Å²) in [6.07, 6.45) is 0. The third kappa shape index (κ3) is 6.59. The molecule has 4 nitrogen and oxygen atoms in total. The molecule has 0 heterocycles. The van der Waals surface area contributed by atoms with E-state index in [1.54, 1.807) is 0 Å². The topological polar surface area (TPSA) is 63.6 Å². The first-order valence-corrected chi connectivity index (χ1v) is 19.6. The molecular formula is C40H36CrO4Si. The van der Waals surface area contributed by atoms with E-state index in [0.29, 0.717) is 12.1 Å². The van der Waals surface area contributed by atoms with Gasteiger partial charge in [0.2, 0.25) is 0 Å². The molecule has 0 fully saturated rings. The zero-order valence-corrected chi connectivity index (χ0v) is 27.8. The Kier molecular flexibility index (Phi) is 9.56. The SMILES string of the molecule is [O]=[Cr](=[O])([OH])[O][SiH](CC(c1ccccc1)(c1ccccc1)c1ccccc1)CC(c1ccccc1)(c1ccccc1)c1ccccc1. The molecule has 6 rings (SSSR count). The zero-order chi connectivity index (χ0) is 31.9. The average Bonchev–Trinajstić information content (AvgIpc) is 3.11. The van der Waals surface area contributed by atoms with Gasteiger partial charge >= 0.3 is 276 Å². The van der Waals surface area contributed by atoms with Crippen molar-refractivity contribution in [1.82, 2.24) is 0 Å². The molecule has 0 unspecified atom stereocenters. The van der Waals surface area contributed by atoms with E-state index in [9.17, 15) is 11.8 Å². The fourth-order valence-corrected chi connectivity index (χ4v) is 12.7. The Bertz CT molecular complexity index is 1600. The molecule has 0 saturated carbocycles. The van der Waals surface area contributed by atoms with Crippen LogP contribution < -0.4 is 0 Å². The van der Waals surface area contributed by atoms with Gasteiger partial charge in [-0.05, 0) is 0 Å². The van der Waals surface area contributed by atoms with Crippen molar-refractivity contribution >= 4 is 9.04 Å². The van der Waals surface area contributed by atoms with Gasteiger partial charge in [0.05, 0.1) is 0 Å². The van der Waals surface area contributed by atoms with Gasteiger partial charge in [0, 0.05) is 0 Å². The van der Waals surface area contributed by atoms with E-state index < -0.39 is 33.5 Å². The Morgan fingerprint density at radius 2 is 0.609 bits per heavy atom. The summed E-state index contributed by atoms with van der Waals surface area (Å²) in [5.74, 6) is 0. The monoisotopic (exact) mass is 660 g/mol. The molecule has 0 aliphatic carbocycles. The van der Waals surface area contributed by atoms with E-state index in [-0.39, 0.29) is 0 Å². The molecule has 0 aromatic heterocycles. The molecule has 0 amide bonds. The Morgan fingerprint density at radius 1 is 0.413 bits per heavy atom. The van der Waals surface area contributed by atoms with E-state index in [1.165, 1.54) is 0 Å². The quantitative estimate of drug-likeness (QED) is 0.106. The van der Waals surface area contributed by atoms with Gasteiger partial charge in [-0.25, -0.2) is 0 Å². The van der Waals surface area contributed by atoms with Crippen molar-refractivity contribution in [2.24, 2.45) is 0 Å². The van der Waals surface area contributed by atoms with Crippen molar-refractivity contribution < 1.29 is 28.9 Å². The van der Waals surface area contributed by atoms with Crippen molar-refractivity contribution in [3.8, 4) is 0 Å². The first kappa shape index (κ1) is 31.6. The van der Waals surface area contributed by atoms with Crippen molar-refractivity contribution in [2.45, 2.75) is 22.9 Å². The van der Waals surface area contributed by atoms with Crippen LogP contribution in [0.1, 0.15) is 33.4 Å². The Morgan fingerprint density at radius 3 is 0.783 bits per heavy atom. The van der Waals surface area contributed by atoms with Crippen LogP contribution in [-0.4, -0.2) is 13.2 Å². The van der Waals surface area contributed by atoms with Gasteiger partial charge in [-0.1, -0.05) is 0 Å². The molecule has 6 heteroatoms. The summed E-state index contributed by atoms with van der Waals surface area (Å²) in [5, 5.41) is 0. The molecule has 0 spiro atoms. The third-order valence-corrected chi connectivity index (χ3v) is 14.0. The number of hydrogen-bond acceptors (Lipinski definition) is 3. The van der Waals surface area contributed by atoms with E-state index in [4.69, 9.17) is 3.48 Å². The van der Waals surface area contributed by atoms with Crippen LogP contribution >= 0.6 is 0 Å². The molecule has 6 aromatic carbocycles. The Labute approximate surface area is 275 Å². The van der Waals surface area contributed by atoms with Crippen LogP contribution in [0.25, 0.3) is 0 Å². The van der Waals surface area contributed by atoms with Crippen molar-refractivity contribution in [1.29, 1.82) is 0 Å². The molecule has 230 valence electrons. The second kappa shape index (κ2) is 13.9. The van der Waals surface area contributed by atoms with Gasteiger partial charge in [0.25, 0.3) is 0 Å². The fourth-order valence-electron chi connectivity index (χ4n) is 7.04. The molecule has 0 saturated heterocycles. The summed E-state index contributed by atoms with van der Waals surface area (Å²) in [6, 6.07) is 62.1. The van der Waals surface area contributed by atoms with Crippen LogP contribution in [0.15, 0.2) is 182 Å². The van der Waals surface area contributed by atoms with E-state index >= 15 is 0 Å². The number of hydrogen-bond donors (Lipinski definition) is 1. The van der Waals surface area contributed by atoms with Crippen LogP contribution in [0, 0.1) is 0 Å². The van der Waals surface area contributed by atoms with Crippen LogP contribution in [-0.2, 0) is 35.5 Å². The standard InChI is InChI=1S/C40H35OSi.Cr.H2O.2O/c41-42(31-39(33-19-7-1-8-20-33,34-21-9-2-10-22-34)35-23-11-3-12-24-35)32-40(36-25-13-4-14-26-36,37-27-15-5-16-28-37)38-29-17-6-18-30-38;;;;/h1-30,42H,31-32H2;;1H2;;/q-1;+2;;;/p-1. The van der Waals surface area contributed by atoms with Gasteiger partial charge < -0.3 is 0 Å². The first-order chi connectivity index (χ1) is 22.4. The summed E-state index contributed by atoms with van der Waals surface area (Å²) < 4.78 is 42.2. The van der Waals surface area contributed by atoms with Gasteiger partial charge in [-0.3, -0.25) is 0 Å². The fraction of sp³-hybridized carbons (Fsp3) is 0.100. The van der Waals surface area contributed by atoms with E-state index in [2.05, 4.69) is 72.8 Å². The number of rotatable bonds is 12. The third-order valence-electron chi connectivity index (χ3n) is 8.92. The molecule has 0 aliphatic heterocycles. The minimum atomic E-state index is -5.67. The second-order valence-electron chi connectivity index (χ2n) is 11.6. The van der Waals surface area contributed by atoms with E-state index in [1.807, 2.05) is 109 Å². The maximum atomic E-state index is 12.9. The molecule has 0 radical (unpaired) electrons. The summed E-state index contributed by atoms with van der Waals surface area (Å²) >= 11 is -5.67. The molecule has 1 N–H and O–H groups in total.